The van der Waals surface area contributed by atoms with Gasteiger partial charge in [0.2, 0.25) is 0 Å². The summed E-state index contributed by atoms with van der Waals surface area (Å²) in [4.78, 5) is 16.8. The molecule has 3 heteroatoms. The van der Waals surface area contributed by atoms with Gasteiger partial charge in [-0.25, -0.2) is 4.98 Å². The Balaban J connectivity index is 2.15. The summed E-state index contributed by atoms with van der Waals surface area (Å²) in [6, 6.07) is 9.78. The van der Waals surface area contributed by atoms with Crippen LogP contribution in [-0.2, 0) is 13.0 Å². The highest BCUT2D eigenvalue weighted by molar-refractivity contribution is 5.64. The lowest BCUT2D eigenvalue weighted by atomic mass is 10.1. The molecule has 0 aliphatic carbocycles. The number of hydrogen-bond donors (Lipinski definition) is 0. The first-order valence-electron chi connectivity index (χ1n) is 6.34. The molecule has 3 nitrogen and oxygen atoms in total. The number of aromatic nitrogens is 2. The smallest absolute Gasteiger partial charge is 0.254 e. The fourth-order valence-electron chi connectivity index (χ4n) is 2.48. The monoisotopic (exact) mass is 240 g/mol. The van der Waals surface area contributed by atoms with Crippen molar-refractivity contribution in [3.05, 3.63) is 51.9 Å². The average Bonchev–Trinajstić information content (AvgIpc) is 2.68. The van der Waals surface area contributed by atoms with E-state index in [-0.39, 0.29) is 5.56 Å². The van der Waals surface area contributed by atoms with Crippen LogP contribution in [0.4, 0.5) is 0 Å². The van der Waals surface area contributed by atoms with E-state index in [1.807, 2.05) is 18.2 Å². The molecule has 92 valence electrons. The lowest BCUT2D eigenvalue weighted by molar-refractivity contribution is 0.628. The topological polar surface area (TPSA) is 34.9 Å². The first kappa shape index (κ1) is 11.2. The van der Waals surface area contributed by atoms with Gasteiger partial charge in [0.05, 0.1) is 6.54 Å². The van der Waals surface area contributed by atoms with Crippen molar-refractivity contribution in [3.63, 3.8) is 0 Å². The molecule has 1 aromatic carbocycles. The number of nitrogens with zero attached hydrogens (tertiary/aromatic N) is 2. The van der Waals surface area contributed by atoms with Gasteiger partial charge in [0, 0.05) is 17.3 Å². The van der Waals surface area contributed by atoms with Crippen LogP contribution in [0.25, 0.3) is 11.4 Å². The Labute approximate surface area is 106 Å². The molecular formula is C15H16N2O. The first-order valence-corrected chi connectivity index (χ1v) is 6.34. The standard InChI is InChI=1S/C15H16N2O/c1-10(2)7-12-8-14(18)17-9-11-5-3-4-6-13(11)15(17)16-12/h3-6,8,10H,7,9H2,1-2H3. The molecule has 3 rings (SSSR count). The fraction of sp³-hybridized carbons (Fsp3) is 0.333. The molecule has 1 aromatic heterocycles. The maximum Gasteiger partial charge on any atom is 0.254 e. The summed E-state index contributed by atoms with van der Waals surface area (Å²) in [7, 11) is 0. The van der Waals surface area contributed by atoms with Gasteiger partial charge in [0.15, 0.2) is 0 Å². The van der Waals surface area contributed by atoms with Crippen molar-refractivity contribution >= 4 is 0 Å². The number of fused-ring (bicyclic) bond motifs is 3. The summed E-state index contributed by atoms with van der Waals surface area (Å²) < 4.78 is 1.76. The van der Waals surface area contributed by atoms with Crippen LogP contribution in [0.15, 0.2) is 35.1 Å². The summed E-state index contributed by atoms with van der Waals surface area (Å²) in [5.41, 5.74) is 3.24. The van der Waals surface area contributed by atoms with Crippen LogP contribution < -0.4 is 5.56 Å². The molecule has 1 aliphatic rings. The van der Waals surface area contributed by atoms with Gasteiger partial charge in [-0.15, -0.1) is 0 Å². The lowest BCUT2D eigenvalue weighted by Gasteiger charge is -2.07. The third-order valence-corrected chi connectivity index (χ3v) is 3.27. The fourth-order valence-corrected chi connectivity index (χ4v) is 2.48. The number of hydrogen-bond acceptors (Lipinski definition) is 2. The lowest BCUT2D eigenvalue weighted by Crippen LogP contribution is -2.20. The van der Waals surface area contributed by atoms with Gasteiger partial charge >= 0.3 is 0 Å². The van der Waals surface area contributed by atoms with Crippen LogP contribution in [-0.4, -0.2) is 9.55 Å². The van der Waals surface area contributed by atoms with Gasteiger partial charge in [0.1, 0.15) is 5.82 Å². The summed E-state index contributed by atoms with van der Waals surface area (Å²) in [6.45, 7) is 4.93. The van der Waals surface area contributed by atoms with E-state index < -0.39 is 0 Å². The Hall–Kier alpha value is -1.90. The highest BCUT2D eigenvalue weighted by Gasteiger charge is 2.20. The molecule has 0 amide bonds. The Bertz CT molecular complexity index is 656. The van der Waals surface area contributed by atoms with Crippen LogP contribution >= 0.6 is 0 Å². The molecule has 0 fully saturated rings. The van der Waals surface area contributed by atoms with Crippen molar-refractivity contribution in [3.8, 4) is 11.4 Å². The van der Waals surface area contributed by atoms with Crippen molar-refractivity contribution in [2.24, 2.45) is 5.92 Å². The molecule has 0 N–H and O–H groups in total. The van der Waals surface area contributed by atoms with E-state index >= 15 is 0 Å². The van der Waals surface area contributed by atoms with Crippen molar-refractivity contribution in [2.75, 3.05) is 0 Å². The van der Waals surface area contributed by atoms with Crippen LogP contribution in [0.2, 0.25) is 0 Å². The van der Waals surface area contributed by atoms with Gasteiger partial charge in [-0.2, -0.15) is 0 Å². The molecule has 0 unspecified atom stereocenters. The highest BCUT2D eigenvalue weighted by Crippen LogP contribution is 2.28. The quantitative estimate of drug-likeness (QED) is 0.689. The third kappa shape index (κ3) is 1.76. The van der Waals surface area contributed by atoms with Gasteiger partial charge in [-0.3, -0.25) is 9.36 Å². The minimum absolute atomic E-state index is 0.0619. The number of benzene rings is 1. The zero-order chi connectivity index (χ0) is 12.7. The zero-order valence-electron chi connectivity index (χ0n) is 10.7. The Kier molecular flexibility index (Phi) is 2.54. The third-order valence-electron chi connectivity index (χ3n) is 3.27. The van der Waals surface area contributed by atoms with Crippen molar-refractivity contribution < 1.29 is 0 Å². The molecule has 0 saturated heterocycles. The summed E-state index contributed by atoms with van der Waals surface area (Å²) in [5.74, 6) is 1.34. The van der Waals surface area contributed by atoms with Crippen LogP contribution in [0.5, 0.6) is 0 Å². The van der Waals surface area contributed by atoms with E-state index in [1.54, 1.807) is 10.6 Å². The van der Waals surface area contributed by atoms with E-state index in [0.717, 1.165) is 23.5 Å². The van der Waals surface area contributed by atoms with E-state index in [4.69, 9.17) is 0 Å². The molecule has 0 radical (unpaired) electrons. The van der Waals surface area contributed by atoms with Gasteiger partial charge < -0.3 is 0 Å². The molecule has 1 aliphatic heterocycles. The normalized spacial score (nSPS) is 12.6. The van der Waals surface area contributed by atoms with Crippen molar-refractivity contribution in [1.29, 1.82) is 0 Å². The maximum atomic E-state index is 12.1. The molecule has 0 atom stereocenters. The minimum atomic E-state index is 0.0619. The van der Waals surface area contributed by atoms with Gasteiger partial charge in [-0.05, 0) is 17.9 Å². The van der Waals surface area contributed by atoms with Crippen LogP contribution in [0.1, 0.15) is 25.1 Å². The van der Waals surface area contributed by atoms with Gasteiger partial charge in [0.25, 0.3) is 5.56 Å². The minimum Gasteiger partial charge on any atom is -0.288 e. The molecule has 0 saturated carbocycles. The first-order chi connectivity index (χ1) is 8.65. The zero-order valence-corrected chi connectivity index (χ0v) is 10.7. The van der Waals surface area contributed by atoms with Gasteiger partial charge in [-0.1, -0.05) is 38.1 Å². The Morgan fingerprint density at radius 2 is 2.11 bits per heavy atom. The summed E-state index contributed by atoms with van der Waals surface area (Å²) >= 11 is 0. The molecule has 18 heavy (non-hydrogen) atoms. The molecule has 0 bridgehead atoms. The van der Waals surface area contributed by atoms with Crippen LogP contribution in [0.3, 0.4) is 0 Å². The predicted molar refractivity (Wildman–Crippen MR) is 71.6 cm³/mol. The van der Waals surface area contributed by atoms with E-state index in [2.05, 4.69) is 24.9 Å². The second kappa shape index (κ2) is 4.09. The Morgan fingerprint density at radius 3 is 2.89 bits per heavy atom. The SMILES string of the molecule is CC(C)Cc1cc(=O)n2c(n1)-c1ccccc1C2. The molecule has 0 spiro atoms. The number of rotatable bonds is 2. The van der Waals surface area contributed by atoms with Crippen molar-refractivity contribution in [2.45, 2.75) is 26.8 Å². The highest BCUT2D eigenvalue weighted by atomic mass is 16.1. The van der Waals surface area contributed by atoms with Crippen LogP contribution in [0, 0.1) is 5.92 Å². The predicted octanol–water partition coefficient (Wildman–Crippen LogP) is 2.47. The summed E-state index contributed by atoms with van der Waals surface area (Å²) in [5, 5.41) is 0. The molecule has 2 heterocycles. The van der Waals surface area contributed by atoms with E-state index in [9.17, 15) is 4.79 Å². The van der Waals surface area contributed by atoms with E-state index in [1.165, 1.54) is 5.56 Å². The Morgan fingerprint density at radius 1 is 1.33 bits per heavy atom. The second-order valence-corrected chi connectivity index (χ2v) is 5.25. The maximum absolute atomic E-state index is 12.1. The van der Waals surface area contributed by atoms with E-state index in [0.29, 0.717) is 12.5 Å². The molecule has 2 aromatic rings. The largest absolute Gasteiger partial charge is 0.288 e. The average molecular weight is 240 g/mol. The second-order valence-electron chi connectivity index (χ2n) is 5.25. The van der Waals surface area contributed by atoms with Crippen molar-refractivity contribution in [1.82, 2.24) is 9.55 Å². The molecular weight excluding hydrogens is 224 g/mol. The summed E-state index contributed by atoms with van der Waals surface area (Å²) in [6.07, 6.45) is 0.852.